The van der Waals surface area contributed by atoms with Crippen LogP contribution in [-0.4, -0.2) is 35.2 Å². The van der Waals surface area contributed by atoms with E-state index in [1.165, 1.54) is 6.42 Å². The molecule has 1 aliphatic heterocycles. The number of aromatic nitrogens is 2. The lowest BCUT2D eigenvalue weighted by Gasteiger charge is -2.30. The summed E-state index contributed by atoms with van der Waals surface area (Å²) >= 11 is 0. The Morgan fingerprint density at radius 2 is 2.33 bits per heavy atom. The molecular formula is C13H22N4O. The summed E-state index contributed by atoms with van der Waals surface area (Å²) in [6.45, 7) is 7.82. The van der Waals surface area contributed by atoms with Crippen LogP contribution in [0.4, 0.5) is 5.95 Å². The van der Waals surface area contributed by atoms with Crippen molar-refractivity contribution in [3.05, 3.63) is 11.8 Å². The van der Waals surface area contributed by atoms with Crippen LogP contribution in [0, 0.1) is 6.92 Å². The number of ether oxygens (including phenoxy) is 1. The Balaban J connectivity index is 2.07. The molecular weight excluding hydrogens is 228 g/mol. The molecule has 0 spiro atoms. The number of nitrogens with one attached hydrogen (secondary N) is 2. The van der Waals surface area contributed by atoms with Crippen molar-refractivity contribution in [2.24, 2.45) is 0 Å². The molecule has 0 saturated carbocycles. The summed E-state index contributed by atoms with van der Waals surface area (Å²) in [5.74, 6) is 1.31. The maximum Gasteiger partial charge on any atom is 0.226 e. The van der Waals surface area contributed by atoms with Gasteiger partial charge in [-0.15, -0.1) is 0 Å². The topological polar surface area (TPSA) is 59.1 Å². The maximum atomic E-state index is 5.44. The van der Waals surface area contributed by atoms with Gasteiger partial charge in [-0.05, 0) is 40.2 Å². The van der Waals surface area contributed by atoms with Crippen LogP contribution in [-0.2, 0) is 0 Å². The lowest BCUT2D eigenvalue weighted by molar-refractivity contribution is 0.325. The first-order valence-corrected chi connectivity index (χ1v) is 6.67. The molecule has 2 unspecified atom stereocenters. The van der Waals surface area contributed by atoms with E-state index in [0.29, 0.717) is 30.5 Å². The van der Waals surface area contributed by atoms with E-state index in [2.05, 4.69) is 27.5 Å². The lowest BCUT2D eigenvalue weighted by Crippen LogP contribution is -2.46. The van der Waals surface area contributed by atoms with Gasteiger partial charge >= 0.3 is 0 Å². The first-order valence-electron chi connectivity index (χ1n) is 6.67. The van der Waals surface area contributed by atoms with Crippen LogP contribution < -0.4 is 15.4 Å². The zero-order chi connectivity index (χ0) is 13.0. The van der Waals surface area contributed by atoms with E-state index in [0.717, 1.165) is 18.7 Å². The molecule has 0 amide bonds. The Labute approximate surface area is 108 Å². The van der Waals surface area contributed by atoms with Gasteiger partial charge in [0.1, 0.15) is 0 Å². The third-order valence-corrected chi connectivity index (χ3v) is 3.20. The van der Waals surface area contributed by atoms with Crippen LogP contribution in [0.25, 0.3) is 0 Å². The lowest BCUT2D eigenvalue weighted by atomic mass is 10.0. The summed E-state index contributed by atoms with van der Waals surface area (Å²) in [6, 6.07) is 2.69. The fourth-order valence-electron chi connectivity index (χ4n) is 2.23. The number of hydrogen-bond acceptors (Lipinski definition) is 5. The molecule has 2 heterocycles. The normalized spacial score (nSPS) is 23.7. The van der Waals surface area contributed by atoms with Gasteiger partial charge in [0.15, 0.2) is 0 Å². The van der Waals surface area contributed by atoms with Crippen molar-refractivity contribution in [1.29, 1.82) is 0 Å². The predicted molar refractivity (Wildman–Crippen MR) is 72.0 cm³/mol. The molecule has 1 aromatic rings. The minimum Gasteiger partial charge on any atom is -0.478 e. The van der Waals surface area contributed by atoms with Crippen molar-refractivity contribution in [2.45, 2.75) is 45.7 Å². The molecule has 2 rings (SSSR count). The van der Waals surface area contributed by atoms with E-state index in [9.17, 15) is 0 Å². The van der Waals surface area contributed by atoms with Gasteiger partial charge in [0, 0.05) is 23.8 Å². The summed E-state index contributed by atoms with van der Waals surface area (Å²) in [4.78, 5) is 8.79. The summed E-state index contributed by atoms with van der Waals surface area (Å²) in [5.41, 5.74) is 0.923. The number of hydrogen-bond donors (Lipinski definition) is 2. The second-order valence-corrected chi connectivity index (χ2v) is 4.74. The molecule has 1 aliphatic rings. The summed E-state index contributed by atoms with van der Waals surface area (Å²) in [7, 11) is 0. The van der Waals surface area contributed by atoms with Crippen molar-refractivity contribution in [3.63, 3.8) is 0 Å². The zero-order valence-corrected chi connectivity index (χ0v) is 11.4. The molecule has 0 aliphatic carbocycles. The second-order valence-electron chi connectivity index (χ2n) is 4.74. The number of nitrogens with zero attached hydrogens (tertiary/aromatic N) is 2. The average molecular weight is 250 g/mol. The Morgan fingerprint density at radius 1 is 1.50 bits per heavy atom. The van der Waals surface area contributed by atoms with Crippen molar-refractivity contribution in [2.75, 3.05) is 18.5 Å². The number of rotatable bonds is 4. The second kappa shape index (κ2) is 6.00. The fourth-order valence-corrected chi connectivity index (χ4v) is 2.23. The Bertz CT molecular complexity index is 397. The maximum absolute atomic E-state index is 5.44. The van der Waals surface area contributed by atoms with Crippen molar-refractivity contribution in [1.82, 2.24) is 15.3 Å². The number of anilines is 1. The van der Waals surface area contributed by atoms with Crippen LogP contribution in [0.3, 0.4) is 0 Å². The van der Waals surface area contributed by atoms with Crippen LogP contribution >= 0.6 is 0 Å². The Hall–Kier alpha value is -1.36. The molecule has 0 bridgehead atoms. The summed E-state index contributed by atoms with van der Waals surface area (Å²) < 4.78 is 5.44. The van der Waals surface area contributed by atoms with E-state index in [-0.39, 0.29) is 0 Å². The Kier molecular flexibility index (Phi) is 4.36. The smallest absolute Gasteiger partial charge is 0.226 e. The molecule has 1 aromatic heterocycles. The van der Waals surface area contributed by atoms with Gasteiger partial charge in [-0.25, -0.2) is 4.98 Å². The highest BCUT2D eigenvalue weighted by atomic mass is 16.5. The van der Waals surface area contributed by atoms with Crippen molar-refractivity contribution in [3.8, 4) is 5.88 Å². The highest BCUT2D eigenvalue weighted by Crippen LogP contribution is 2.16. The van der Waals surface area contributed by atoms with Crippen LogP contribution in [0.15, 0.2) is 6.07 Å². The van der Waals surface area contributed by atoms with Gasteiger partial charge < -0.3 is 15.4 Å². The minimum absolute atomic E-state index is 0.384. The molecule has 2 N–H and O–H groups in total. The van der Waals surface area contributed by atoms with Gasteiger partial charge in [0.05, 0.1) is 6.61 Å². The zero-order valence-electron chi connectivity index (χ0n) is 11.4. The molecule has 1 fully saturated rings. The number of piperidine rings is 1. The molecule has 2 atom stereocenters. The third-order valence-electron chi connectivity index (χ3n) is 3.20. The molecule has 5 nitrogen and oxygen atoms in total. The van der Waals surface area contributed by atoms with Gasteiger partial charge in [-0.2, -0.15) is 4.98 Å². The van der Waals surface area contributed by atoms with Crippen molar-refractivity contribution < 1.29 is 4.74 Å². The van der Waals surface area contributed by atoms with Crippen LogP contribution in [0.1, 0.15) is 32.4 Å². The summed E-state index contributed by atoms with van der Waals surface area (Å²) in [5, 5.41) is 6.86. The van der Waals surface area contributed by atoms with Gasteiger partial charge in [-0.1, -0.05) is 0 Å². The van der Waals surface area contributed by atoms with E-state index in [1.54, 1.807) is 0 Å². The van der Waals surface area contributed by atoms with Gasteiger partial charge in [-0.3, -0.25) is 0 Å². The minimum atomic E-state index is 0.384. The number of aryl methyl sites for hydroxylation is 1. The van der Waals surface area contributed by atoms with E-state index in [1.807, 2.05) is 19.9 Å². The quantitative estimate of drug-likeness (QED) is 0.852. The highest BCUT2D eigenvalue weighted by molar-refractivity contribution is 5.32. The molecule has 0 aromatic carbocycles. The van der Waals surface area contributed by atoms with E-state index >= 15 is 0 Å². The Morgan fingerprint density at radius 3 is 3.06 bits per heavy atom. The van der Waals surface area contributed by atoms with Crippen molar-refractivity contribution >= 4 is 5.95 Å². The van der Waals surface area contributed by atoms with E-state index in [4.69, 9.17) is 4.74 Å². The monoisotopic (exact) mass is 250 g/mol. The molecule has 100 valence electrons. The van der Waals surface area contributed by atoms with Crippen LogP contribution in [0.5, 0.6) is 5.88 Å². The van der Waals surface area contributed by atoms with Gasteiger partial charge in [0.25, 0.3) is 0 Å². The molecule has 0 radical (unpaired) electrons. The molecule has 1 saturated heterocycles. The predicted octanol–water partition coefficient (Wildman–Crippen LogP) is 1.74. The standard InChI is InChI=1S/C13H22N4O/c1-4-18-12-8-9(2)15-13(17-12)16-11-6-5-7-14-10(11)3/h8,10-11,14H,4-7H2,1-3H3,(H,15,16,17). The third kappa shape index (κ3) is 3.32. The first-order chi connectivity index (χ1) is 8.69. The largest absolute Gasteiger partial charge is 0.478 e. The molecule has 5 heteroatoms. The first kappa shape index (κ1) is 13.1. The fraction of sp³-hybridized carbons (Fsp3) is 0.692. The van der Waals surface area contributed by atoms with Crippen LogP contribution in [0.2, 0.25) is 0 Å². The van der Waals surface area contributed by atoms with E-state index < -0.39 is 0 Å². The summed E-state index contributed by atoms with van der Waals surface area (Å²) in [6.07, 6.45) is 2.33. The SMILES string of the molecule is CCOc1cc(C)nc(NC2CCCNC2C)n1. The molecule has 18 heavy (non-hydrogen) atoms. The highest BCUT2D eigenvalue weighted by Gasteiger charge is 2.21. The van der Waals surface area contributed by atoms with Gasteiger partial charge in [0.2, 0.25) is 11.8 Å². The average Bonchev–Trinajstić information content (AvgIpc) is 2.32.